The number of hydrogen-bond donors (Lipinski definition) is 3. The average molecular weight is 308 g/mol. The lowest BCUT2D eigenvalue weighted by molar-refractivity contribution is 0.161. The van der Waals surface area contributed by atoms with Crippen molar-refractivity contribution in [3.63, 3.8) is 0 Å². The van der Waals surface area contributed by atoms with Gasteiger partial charge in [-0.2, -0.15) is 5.10 Å². The lowest BCUT2D eigenvalue weighted by Gasteiger charge is -2.09. The summed E-state index contributed by atoms with van der Waals surface area (Å²) in [4.78, 5) is 11.5. The highest BCUT2D eigenvalue weighted by molar-refractivity contribution is 7.80. The van der Waals surface area contributed by atoms with Gasteiger partial charge in [0.25, 0.3) is 0 Å². The third-order valence-electron chi connectivity index (χ3n) is 2.55. The molecule has 0 aliphatic rings. The average Bonchev–Trinajstić information content (AvgIpc) is 2.48. The predicted octanol–water partition coefficient (Wildman–Crippen LogP) is 1.75. The van der Waals surface area contributed by atoms with Crippen LogP contribution in [-0.2, 0) is 4.74 Å². The van der Waals surface area contributed by atoms with Gasteiger partial charge in [-0.15, -0.1) is 0 Å². The van der Waals surface area contributed by atoms with Crippen molar-refractivity contribution in [2.24, 2.45) is 10.8 Å². The molecule has 0 fully saturated rings. The number of ether oxygens (including phenoxy) is 1. The van der Waals surface area contributed by atoms with Crippen LogP contribution < -0.4 is 16.5 Å². The molecule has 0 radical (unpaired) electrons. The number of hydrazone groups is 1. The second kappa shape index (κ2) is 9.71. The van der Waals surface area contributed by atoms with E-state index in [9.17, 15) is 4.79 Å². The van der Waals surface area contributed by atoms with Crippen LogP contribution in [0, 0.1) is 0 Å². The van der Waals surface area contributed by atoms with Crippen molar-refractivity contribution in [1.82, 2.24) is 10.7 Å². The van der Waals surface area contributed by atoms with Gasteiger partial charge >= 0.3 is 6.09 Å². The molecule has 0 aliphatic heterocycles. The zero-order valence-corrected chi connectivity index (χ0v) is 12.8. The van der Waals surface area contributed by atoms with Crippen molar-refractivity contribution in [2.45, 2.75) is 19.8 Å². The Hall–Kier alpha value is -2.15. The molecule has 6 nitrogen and oxygen atoms in total. The summed E-state index contributed by atoms with van der Waals surface area (Å²) in [6.07, 6.45) is 1.45. The number of thiocarbonyl (C=S) groups is 1. The Balaban J connectivity index is 2.60. The fourth-order valence-corrected chi connectivity index (χ4v) is 1.53. The van der Waals surface area contributed by atoms with Gasteiger partial charge in [-0.3, -0.25) is 5.43 Å². The first kappa shape index (κ1) is 16.9. The van der Waals surface area contributed by atoms with Gasteiger partial charge in [0.1, 0.15) is 12.3 Å². The molecule has 1 amide bonds. The summed E-state index contributed by atoms with van der Waals surface area (Å²) >= 11 is 4.71. The van der Waals surface area contributed by atoms with E-state index in [2.05, 4.69) is 22.8 Å². The minimum Gasteiger partial charge on any atom is -0.443 e. The highest BCUT2D eigenvalue weighted by Gasteiger charge is 2.08. The van der Waals surface area contributed by atoms with Crippen molar-refractivity contribution in [3.05, 3.63) is 35.9 Å². The molecule has 0 bridgehead atoms. The number of amides is 1. The van der Waals surface area contributed by atoms with Gasteiger partial charge in [-0.05, 0) is 18.6 Å². The van der Waals surface area contributed by atoms with E-state index >= 15 is 0 Å². The van der Waals surface area contributed by atoms with E-state index in [0.29, 0.717) is 12.3 Å². The van der Waals surface area contributed by atoms with Gasteiger partial charge in [0.05, 0.1) is 0 Å². The standard InChI is InChI=1S/C14H20N4O2S/c1-2-3-9-16-14(19)20-10-12(17-18-13(15)21)11-7-5-4-6-8-11/h4-8H,2-3,9-10H2,1H3,(H,16,19)(H3,15,18,21)/b17-12-. The van der Waals surface area contributed by atoms with Crippen LogP contribution in [0.1, 0.15) is 25.3 Å². The van der Waals surface area contributed by atoms with E-state index in [1.807, 2.05) is 30.3 Å². The number of hydrogen-bond acceptors (Lipinski definition) is 4. The Bertz CT molecular complexity index is 491. The third kappa shape index (κ3) is 7.26. The van der Waals surface area contributed by atoms with Crippen molar-refractivity contribution in [1.29, 1.82) is 0 Å². The largest absolute Gasteiger partial charge is 0.443 e. The molecule has 1 aromatic carbocycles. The summed E-state index contributed by atoms with van der Waals surface area (Å²) in [6, 6.07) is 9.34. The van der Waals surface area contributed by atoms with E-state index in [1.165, 1.54) is 0 Å². The zero-order chi connectivity index (χ0) is 15.5. The van der Waals surface area contributed by atoms with Crippen molar-refractivity contribution in [2.75, 3.05) is 13.2 Å². The monoisotopic (exact) mass is 308 g/mol. The quantitative estimate of drug-likeness (QED) is 0.309. The van der Waals surface area contributed by atoms with Crippen LogP contribution in [0.2, 0.25) is 0 Å². The molecule has 114 valence electrons. The second-order valence-electron chi connectivity index (χ2n) is 4.26. The molecule has 0 saturated heterocycles. The predicted molar refractivity (Wildman–Crippen MR) is 87.2 cm³/mol. The molecular formula is C14H20N4O2S. The Labute approximate surface area is 129 Å². The molecule has 0 unspecified atom stereocenters. The fraction of sp³-hybridized carbons (Fsp3) is 0.357. The van der Waals surface area contributed by atoms with Crippen LogP contribution in [0.3, 0.4) is 0 Å². The molecule has 0 saturated carbocycles. The minimum absolute atomic E-state index is 0.0254. The van der Waals surface area contributed by atoms with Crippen LogP contribution in [0.4, 0.5) is 4.79 Å². The Morgan fingerprint density at radius 2 is 2.10 bits per heavy atom. The van der Waals surface area contributed by atoms with Gasteiger partial charge in [0, 0.05) is 12.1 Å². The first-order valence-corrected chi connectivity index (χ1v) is 7.12. The Morgan fingerprint density at radius 3 is 2.71 bits per heavy atom. The van der Waals surface area contributed by atoms with Crippen LogP contribution in [0.25, 0.3) is 0 Å². The molecule has 4 N–H and O–H groups in total. The number of alkyl carbamates (subject to hydrolysis) is 1. The molecule has 0 spiro atoms. The van der Waals surface area contributed by atoms with Crippen LogP contribution in [0.5, 0.6) is 0 Å². The molecule has 21 heavy (non-hydrogen) atoms. The maximum atomic E-state index is 11.5. The second-order valence-corrected chi connectivity index (χ2v) is 4.70. The summed E-state index contributed by atoms with van der Waals surface area (Å²) < 4.78 is 5.13. The van der Waals surface area contributed by atoms with Gasteiger partial charge in [0.15, 0.2) is 5.11 Å². The van der Waals surface area contributed by atoms with E-state index in [-0.39, 0.29) is 11.7 Å². The number of rotatable bonds is 7. The number of unbranched alkanes of at least 4 members (excludes halogenated alkanes) is 1. The summed E-state index contributed by atoms with van der Waals surface area (Å²) in [5.74, 6) is 0. The first-order chi connectivity index (χ1) is 10.1. The Morgan fingerprint density at radius 1 is 1.38 bits per heavy atom. The molecule has 0 aliphatic carbocycles. The number of carbonyl (C=O) groups is 1. The van der Waals surface area contributed by atoms with Gasteiger partial charge in [-0.1, -0.05) is 43.7 Å². The lowest BCUT2D eigenvalue weighted by Crippen LogP contribution is -2.30. The summed E-state index contributed by atoms with van der Waals surface area (Å²) in [5, 5.41) is 6.78. The van der Waals surface area contributed by atoms with Gasteiger partial charge in [0.2, 0.25) is 0 Å². The number of benzene rings is 1. The van der Waals surface area contributed by atoms with Crippen LogP contribution >= 0.6 is 12.2 Å². The van der Waals surface area contributed by atoms with Crippen LogP contribution in [-0.4, -0.2) is 30.1 Å². The highest BCUT2D eigenvalue weighted by Crippen LogP contribution is 2.02. The maximum absolute atomic E-state index is 11.5. The number of nitrogens with two attached hydrogens (primary N) is 1. The van der Waals surface area contributed by atoms with E-state index in [0.717, 1.165) is 18.4 Å². The number of nitrogens with zero attached hydrogens (tertiary/aromatic N) is 1. The number of nitrogens with one attached hydrogen (secondary N) is 2. The lowest BCUT2D eigenvalue weighted by atomic mass is 10.1. The van der Waals surface area contributed by atoms with E-state index < -0.39 is 6.09 Å². The van der Waals surface area contributed by atoms with Crippen LogP contribution in [0.15, 0.2) is 35.4 Å². The molecule has 1 aromatic rings. The SMILES string of the molecule is CCCCNC(=O)OC/C(=N/NC(N)=S)c1ccccc1. The zero-order valence-electron chi connectivity index (χ0n) is 12.0. The van der Waals surface area contributed by atoms with Crippen molar-refractivity contribution < 1.29 is 9.53 Å². The van der Waals surface area contributed by atoms with E-state index in [1.54, 1.807) is 0 Å². The molecule has 1 rings (SSSR count). The first-order valence-electron chi connectivity index (χ1n) is 6.71. The summed E-state index contributed by atoms with van der Waals surface area (Å²) in [5.41, 5.74) is 9.21. The topological polar surface area (TPSA) is 88.7 Å². The molecule has 7 heteroatoms. The van der Waals surface area contributed by atoms with E-state index in [4.69, 9.17) is 22.7 Å². The smallest absolute Gasteiger partial charge is 0.407 e. The maximum Gasteiger partial charge on any atom is 0.407 e. The summed E-state index contributed by atoms with van der Waals surface area (Å²) in [7, 11) is 0. The fourth-order valence-electron chi connectivity index (χ4n) is 1.49. The Kier molecular flexibility index (Phi) is 7.81. The van der Waals surface area contributed by atoms with Gasteiger partial charge < -0.3 is 15.8 Å². The van der Waals surface area contributed by atoms with Crippen molar-refractivity contribution >= 4 is 29.1 Å². The highest BCUT2D eigenvalue weighted by atomic mass is 32.1. The van der Waals surface area contributed by atoms with Gasteiger partial charge in [-0.25, -0.2) is 4.79 Å². The molecular weight excluding hydrogens is 288 g/mol. The molecule has 0 atom stereocenters. The summed E-state index contributed by atoms with van der Waals surface area (Å²) in [6.45, 7) is 2.67. The normalized spacial score (nSPS) is 10.8. The molecule has 0 heterocycles. The van der Waals surface area contributed by atoms with Crippen molar-refractivity contribution in [3.8, 4) is 0 Å². The number of carbonyl (C=O) groups excluding carboxylic acids is 1. The third-order valence-corrected chi connectivity index (χ3v) is 2.64. The minimum atomic E-state index is -0.470. The molecule has 0 aromatic heterocycles.